The third-order valence-electron chi connectivity index (χ3n) is 7.36. The van der Waals surface area contributed by atoms with E-state index in [0.717, 1.165) is 53.0 Å². The van der Waals surface area contributed by atoms with Crippen molar-refractivity contribution in [2.45, 2.75) is 77.1 Å². The molecule has 0 spiro atoms. The van der Waals surface area contributed by atoms with Crippen LogP contribution < -0.4 is 0 Å². The van der Waals surface area contributed by atoms with Crippen LogP contribution in [0.25, 0.3) is 16.6 Å². The van der Waals surface area contributed by atoms with E-state index < -0.39 is 5.54 Å². The molecule has 2 aliphatic rings. The number of fused-ring (bicyclic) bond motifs is 2. The number of aromatic nitrogens is 6. The van der Waals surface area contributed by atoms with Gasteiger partial charge in [0.2, 0.25) is 0 Å². The van der Waals surface area contributed by atoms with E-state index >= 15 is 0 Å². The highest BCUT2D eigenvalue weighted by Crippen LogP contribution is 2.38. The number of aromatic amines is 1. The van der Waals surface area contributed by atoms with Gasteiger partial charge in [0, 0.05) is 33.8 Å². The molecule has 10 heteroatoms. The second-order valence-electron chi connectivity index (χ2n) is 10.1. The Hall–Kier alpha value is -2.98. The van der Waals surface area contributed by atoms with Gasteiger partial charge in [-0.2, -0.15) is 10.2 Å². The number of aliphatic hydroxyl groups excluding tert-OH is 1. The first-order valence-electron chi connectivity index (χ1n) is 11.8. The predicted octanol–water partition coefficient (Wildman–Crippen LogP) is 3.59. The number of rotatable bonds is 4. The Labute approximate surface area is 201 Å². The van der Waals surface area contributed by atoms with Crippen molar-refractivity contribution >= 4 is 22.8 Å². The van der Waals surface area contributed by atoms with E-state index in [9.17, 15) is 9.90 Å². The molecule has 1 aliphatic carbocycles. The van der Waals surface area contributed by atoms with Gasteiger partial charge in [0.15, 0.2) is 0 Å². The second-order valence-corrected chi connectivity index (χ2v) is 11.4. The molecule has 4 aromatic rings. The Bertz CT molecular complexity index is 1350. The Kier molecular flexibility index (Phi) is 4.93. The molecule has 9 nitrogen and oxygen atoms in total. The molecule has 2 N–H and O–H groups in total. The topological polar surface area (TPSA) is 104 Å². The first-order valence-corrected chi connectivity index (χ1v) is 12.7. The van der Waals surface area contributed by atoms with Crippen LogP contribution in [-0.2, 0) is 23.4 Å². The monoisotopic (exact) mass is 479 g/mol. The highest BCUT2D eigenvalue weighted by Gasteiger charge is 2.38. The van der Waals surface area contributed by atoms with Crippen LogP contribution in [0.3, 0.4) is 0 Å². The molecule has 0 radical (unpaired) electrons. The van der Waals surface area contributed by atoms with Crippen LogP contribution in [0.2, 0.25) is 0 Å². The van der Waals surface area contributed by atoms with E-state index in [1.54, 1.807) is 16.0 Å². The zero-order chi connectivity index (χ0) is 23.6. The number of aryl methyl sites for hydroxylation is 1. The van der Waals surface area contributed by atoms with Gasteiger partial charge in [-0.25, -0.2) is 14.7 Å². The van der Waals surface area contributed by atoms with Crippen molar-refractivity contribution in [1.82, 2.24) is 34.5 Å². The minimum Gasteiger partial charge on any atom is -0.393 e. The molecular weight excluding hydrogens is 450 g/mol. The lowest BCUT2D eigenvalue weighted by Gasteiger charge is -2.29. The second kappa shape index (κ2) is 7.78. The number of carbonyl (C=O) groups is 1. The number of thiazole rings is 1. The Morgan fingerprint density at radius 3 is 2.76 bits per heavy atom. The predicted molar refractivity (Wildman–Crippen MR) is 128 cm³/mol. The van der Waals surface area contributed by atoms with Crippen LogP contribution in [0.1, 0.15) is 66.7 Å². The van der Waals surface area contributed by atoms with Crippen LogP contribution in [0, 0.1) is 6.92 Å². The quantitative estimate of drug-likeness (QED) is 0.466. The summed E-state index contributed by atoms with van der Waals surface area (Å²) in [4.78, 5) is 21.1. The molecule has 1 amide bonds. The van der Waals surface area contributed by atoms with Gasteiger partial charge in [0.25, 0.3) is 5.91 Å². The first kappa shape index (κ1) is 21.5. The highest BCUT2D eigenvalue weighted by atomic mass is 32.1. The van der Waals surface area contributed by atoms with Gasteiger partial charge in [-0.1, -0.05) is 0 Å². The van der Waals surface area contributed by atoms with E-state index in [0.29, 0.717) is 19.0 Å². The van der Waals surface area contributed by atoms with Crippen molar-refractivity contribution in [3.8, 4) is 11.1 Å². The van der Waals surface area contributed by atoms with Crippen molar-refractivity contribution in [3.05, 3.63) is 45.9 Å². The Morgan fingerprint density at radius 2 is 2.00 bits per heavy atom. The van der Waals surface area contributed by atoms with Gasteiger partial charge in [0.1, 0.15) is 5.54 Å². The summed E-state index contributed by atoms with van der Waals surface area (Å²) in [6, 6.07) is 2.21. The van der Waals surface area contributed by atoms with Crippen molar-refractivity contribution in [2.75, 3.05) is 0 Å². The van der Waals surface area contributed by atoms with Crippen molar-refractivity contribution < 1.29 is 9.90 Å². The number of hydrogen-bond donors (Lipinski definition) is 2. The molecule has 0 bridgehead atoms. The van der Waals surface area contributed by atoms with Gasteiger partial charge in [-0.05, 0) is 52.5 Å². The van der Waals surface area contributed by atoms with E-state index in [1.165, 1.54) is 10.6 Å². The summed E-state index contributed by atoms with van der Waals surface area (Å²) < 4.78 is 3.82. The minimum atomic E-state index is -0.820. The standard InChI is InChI=1S/C24H29N7O2S/c1-14-27-19-12-29(13-22(19)34-14)23(33)24(2,3)30-11-16(9-26-30)18-8-20(31-21(18)10-25-28-31)15-4-6-17(32)7-5-15/h8-11,15,17,28,32H,4-7,12-13H2,1-3H3/t15-,17-. The number of carbonyl (C=O) groups excluding carboxylic acids is 1. The molecule has 34 heavy (non-hydrogen) atoms. The summed E-state index contributed by atoms with van der Waals surface area (Å²) in [5.74, 6) is 0.420. The van der Waals surface area contributed by atoms with E-state index in [1.807, 2.05) is 48.8 Å². The van der Waals surface area contributed by atoms with E-state index in [4.69, 9.17) is 0 Å². The lowest BCUT2D eigenvalue weighted by atomic mass is 9.85. The normalized spacial score (nSPS) is 20.9. The molecular formula is C24H29N7O2S. The van der Waals surface area contributed by atoms with Crippen LogP contribution in [-0.4, -0.2) is 51.6 Å². The van der Waals surface area contributed by atoms with Gasteiger partial charge < -0.3 is 10.0 Å². The SMILES string of the molecule is Cc1nc2c(s1)CN(C(=O)C(C)(C)n1cc(-c3cc([C@H]4CC[C@H](O)CC4)n4[nH]ncc34)cn1)C2. The maximum Gasteiger partial charge on any atom is 0.250 e. The number of H-pyrrole nitrogens is 1. The van der Waals surface area contributed by atoms with Crippen molar-refractivity contribution in [1.29, 1.82) is 0 Å². The van der Waals surface area contributed by atoms with Gasteiger partial charge in [0.05, 0.1) is 47.8 Å². The number of nitrogens with zero attached hydrogens (tertiary/aromatic N) is 6. The smallest absolute Gasteiger partial charge is 0.250 e. The van der Waals surface area contributed by atoms with Crippen LogP contribution >= 0.6 is 11.3 Å². The van der Waals surface area contributed by atoms with Gasteiger partial charge >= 0.3 is 0 Å². The zero-order valence-corrected chi connectivity index (χ0v) is 20.5. The summed E-state index contributed by atoms with van der Waals surface area (Å²) in [6.45, 7) is 7.02. The summed E-state index contributed by atoms with van der Waals surface area (Å²) in [5, 5.41) is 22.9. The zero-order valence-electron chi connectivity index (χ0n) is 19.7. The molecule has 0 saturated heterocycles. The van der Waals surface area contributed by atoms with Gasteiger partial charge in [-0.15, -0.1) is 11.3 Å². The van der Waals surface area contributed by atoms with E-state index in [-0.39, 0.29) is 12.0 Å². The van der Waals surface area contributed by atoms with Crippen molar-refractivity contribution in [3.63, 3.8) is 0 Å². The molecule has 178 valence electrons. The number of amides is 1. The maximum absolute atomic E-state index is 13.5. The molecule has 0 atom stereocenters. The molecule has 4 aromatic heterocycles. The van der Waals surface area contributed by atoms with E-state index in [2.05, 4.69) is 26.5 Å². The fourth-order valence-electron chi connectivity index (χ4n) is 5.40. The summed E-state index contributed by atoms with van der Waals surface area (Å²) in [7, 11) is 0. The Balaban J connectivity index is 1.27. The molecule has 1 fully saturated rings. The highest BCUT2D eigenvalue weighted by molar-refractivity contribution is 7.11. The number of nitrogens with one attached hydrogen (secondary N) is 1. The Morgan fingerprint density at radius 1 is 1.21 bits per heavy atom. The third kappa shape index (κ3) is 3.39. The van der Waals surface area contributed by atoms with Gasteiger partial charge in [-0.3, -0.25) is 9.48 Å². The maximum atomic E-state index is 13.5. The number of hydrogen-bond acceptors (Lipinski definition) is 6. The summed E-state index contributed by atoms with van der Waals surface area (Å²) in [6.07, 6.45) is 9.01. The average molecular weight is 480 g/mol. The molecule has 1 saturated carbocycles. The lowest BCUT2D eigenvalue weighted by Crippen LogP contribution is -2.45. The fourth-order valence-corrected chi connectivity index (χ4v) is 6.36. The van der Waals surface area contributed by atoms with Crippen molar-refractivity contribution in [2.24, 2.45) is 0 Å². The molecule has 6 rings (SSSR count). The minimum absolute atomic E-state index is 0.0387. The largest absolute Gasteiger partial charge is 0.393 e. The molecule has 5 heterocycles. The lowest BCUT2D eigenvalue weighted by molar-refractivity contribution is -0.140. The molecule has 1 aliphatic heterocycles. The van der Waals surface area contributed by atoms with Crippen LogP contribution in [0.4, 0.5) is 0 Å². The summed E-state index contributed by atoms with van der Waals surface area (Å²) >= 11 is 1.67. The van der Waals surface area contributed by atoms with Crippen LogP contribution in [0.15, 0.2) is 24.7 Å². The first-order chi connectivity index (χ1) is 16.3. The molecule has 0 unspecified atom stereocenters. The average Bonchev–Trinajstić information content (AvgIpc) is 3.59. The summed E-state index contributed by atoms with van der Waals surface area (Å²) in [5.41, 5.74) is 4.39. The van der Waals surface area contributed by atoms with Crippen LogP contribution in [0.5, 0.6) is 0 Å². The third-order valence-corrected chi connectivity index (χ3v) is 8.36. The number of aliphatic hydroxyl groups is 1. The fraction of sp³-hybridized carbons (Fsp3) is 0.500. The molecule has 0 aromatic carbocycles.